The minimum absolute atomic E-state index is 0.701. The summed E-state index contributed by atoms with van der Waals surface area (Å²) in [6, 6.07) is 8.10. The van der Waals surface area contributed by atoms with E-state index in [0.29, 0.717) is 0 Å². The SMILES string of the molecule is Cc1ccc(P(C2=CC=C[CH]2)c2ccc(C)o2)o1. The Morgan fingerprint density at radius 1 is 0.833 bits per heavy atom. The van der Waals surface area contributed by atoms with Crippen LogP contribution in [0, 0.1) is 20.3 Å². The Kier molecular flexibility index (Phi) is 2.97. The van der Waals surface area contributed by atoms with E-state index in [1.54, 1.807) is 0 Å². The van der Waals surface area contributed by atoms with Crippen molar-refractivity contribution in [3.8, 4) is 0 Å². The molecule has 0 fully saturated rings. The van der Waals surface area contributed by atoms with E-state index in [1.165, 1.54) is 5.31 Å². The van der Waals surface area contributed by atoms with Gasteiger partial charge in [-0.3, -0.25) is 0 Å². The van der Waals surface area contributed by atoms with Gasteiger partial charge in [-0.25, -0.2) is 0 Å². The zero-order valence-electron chi connectivity index (χ0n) is 10.4. The van der Waals surface area contributed by atoms with Gasteiger partial charge in [0.1, 0.15) is 22.5 Å². The monoisotopic (exact) mass is 257 g/mol. The Labute approximate surface area is 108 Å². The van der Waals surface area contributed by atoms with Crippen molar-refractivity contribution >= 4 is 18.9 Å². The van der Waals surface area contributed by atoms with Crippen molar-refractivity contribution < 1.29 is 8.83 Å². The highest BCUT2D eigenvalue weighted by molar-refractivity contribution is 7.76. The van der Waals surface area contributed by atoms with Gasteiger partial charge in [0, 0.05) is 6.42 Å². The number of allylic oxidation sites excluding steroid dienone is 4. The summed E-state index contributed by atoms with van der Waals surface area (Å²) in [4.78, 5) is 0. The van der Waals surface area contributed by atoms with Crippen LogP contribution < -0.4 is 11.0 Å². The summed E-state index contributed by atoms with van der Waals surface area (Å²) in [5.41, 5.74) is 1.98. The second-order valence-corrected chi connectivity index (χ2v) is 6.32. The highest BCUT2D eigenvalue weighted by atomic mass is 31.1. The van der Waals surface area contributed by atoms with Gasteiger partial charge in [0.05, 0.1) is 7.92 Å². The van der Waals surface area contributed by atoms with Gasteiger partial charge >= 0.3 is 0 Å². The quantitative estimate of drug-likeness (QED) is 0.785. The van der Waals surface area contributed by atoms with Crippen molar-refractivity contribution in [1.82, 2.24) is 0 Å². The van der Waals surface area contributed by atoms with Crippen molar-refractivity contribution in [1.29, 1.82) is 0 Å². The Balaban J connectivity index is 2.03. The number of rotatable bonds is 3. The molecule has 91 valence electrons. The fourth-order valence-electron chi connectivity index (χ4n) is 1.96. The predicted octanol–water partition coefficient (Wildman–Crippen LogP) is 3.58. The summed E-state index contributed by atoms with van der Waals surface area (Å²) in [6.45, 7) is 3.94. The number of furan rings is 2. The van der Waals surface area contributed by atoms with Gasteiger partial charge in [-0.15, -0.1) is 0 Å². The lowest BCUT2D eigenvalue weighted by Gasteiger charge is -2.13. The van der Waals surface area contributed by atoms with Crippen molar-refractivity contribution in [2.75, 3.05) is 0 Å². The van der Waals surface area contributed by atoms with Gasteiger partial charge in [0.25, 0.3) is 0 Å². The summed E-state index contributed by atoms with van der Waals surface area (Å²) in [7, 11) is -0.701. The topological polar surface area (TPSA) is 26.3 Å². The van der Waals surface area contributed by atoms with Gasteiger partial charge in [-0.05, 0) is 43.4 Å². The number of aryl methyl sites for hydroxylation is 2. The fraction of sp³-hybridized carbons (Fsp3) is 0.133. The smallest absolute Gasteiger partial charge is 0.137 e. The van der Waals surface area contributed by atoms with Crippen molar-refractivity contribution in [3.63, 3.8) is 0 Å². The molecule has 0 bridgehead atoms. The molecule has 0 aromatic carbocycles. The van der Waals surface area contributed by atoms with E-state index < -0.39 is 7.92 Å². The van der Waals surface area contributed by atoms with E-state index in [-0.39, 0.29) is 0 Å². The third-order valence-corrected chi connectivity index (χ3v) is 4.97. The normalized spacial score (nSPS) is 14.5. The van der Waals surface area contributed by atoms with Crippen LogP contribution in [0.3, 0.4) is 0 Å². The van der Waals surface area contributed by atoms with Gasteiger partial charge in [-0.1, -0.05) is 18.2 Å². The van der Waals surface area contributed by atoms with Crippen LogP contribution in [0.2, 0.25) is 0 Å². The summed E-state index contributed by atoms with van der Waals surface area (Å²) < 4.78 is 11.6. The first-order valence-electron chi connectivity index (χ1n) is 5.89. The second-order valence-electron chi connectivity index (χ2n) is 4.25. The molecule has 2 heterocycles. The van der Waals surface area contributed by atoms with Crippen LogP contribution in [0.25, 0.3) is 0 Å². The van der Waals surface area contributed by atoms with Gasteiger partial charge in [-0.2, -0.15) is 0 Å². The lowest BCUT2D eigenvalue weighted by Crippen LogP contribution is -2.09. The maximum Gasteiger partial charge on any atom is 0.137 e. The Bertz CT molecular complexity index is 576. The zero-order valence-corrected chi connectivity index (χ0v) is 11.3. The lowest BCUT2D eigenvalue weighted by molar-refractivity contribution is 0.558. The Morgan fingerprint density at radius 3 is 1.83 bits per heavy atom. The maximum absolute atomic E-state index is 5.80. The average molecular weight is 257 g/mol. The van der Waals surface area contributed by atoms with E-state index in [0.717, 1.165) is 22.5 Å². The molecule has 2 aromatic rings. The van der Waals surface area contributed by atoms with Crippen molar-refractivity contribution in [2.24, 2.45) is 0 Å². The first kappa shape index (κ1) is 11.6. The van der Waals surface area contributed by atoms with E-state index in [1.807, 2.05) is 38.1 Å². The highest BCUT2D eigenvalue weighted by Crippen LogP contribution is 2.46. The molecule has 3 heteroatoms. The van der Waals surface area contributed by atoms with Crippen molar-refractivity contribution in [3.05, 3.63) is 65.7 Å². The molecule has 1 aliphatic rings. The van der Waals surface area contributed by atoms with Crippen LogP contribution in [-0.4, -0.2) is 0 Å². The summed E-state index contributed by atoms with van der Waals surface area (Å²) in [5, 5.41) is 1.26. The van der Waals surface area contributed by atoms with E-state index in [9.17, 15) is 0 Å². The average Bonchev–Trinajstić information content (AvgIpc) is 3.04. The van der Waals surface area contributed by atoms with Crippen LogP contribution in [0.4, 0.5) is 0 Å². The molecule has 0 atom stereocenters. The summed E-state index contributed by atoms with van der Waals surface area (Å²) in [6.07, 6.45) is 8.36. The number of hydrogen-bond donors (Lipinski definition) is 0. The largest absolute Gasteiger partial charge is 0.461 e. The molecule has 0 aliphatic heterocycles. The Morgan fingerprint density at radius 2 is 1.44 bits per heavy atom. The standard InChI is InChI=1S/C15H14O2P/c1-11-7-9-14(16-11)18(13-5-3-4-6-13)15-10-8-12(2)17-15/h3-10H,1-2H3. The Hall–Kier alpha value is -1.53. The third kappa shape index (κ3) is 2.09. The zero-order chi connectivity index (χ0) is 12.5. The molecule has 0 saturated heterocycles. The van der Waals surface area contributed by atoms with Crippen LogP contribution in [-0.2, 0) is 0 Å². The van der Waals surface area contributed by atoms with Gasteiger partial charge in [0.15, 0.2) is 0 Å². The summed E-state index contributed by atoms with van der Waals surface area (Å²) >= 11 is 0. The first-order chi connectivity index (χ1) is 8.74. The maximum atomic E-state index is 5.80. The van der Waals surface area contributed by atoms with Crippen molar-refractivity contribution in [2.45, 2.75) is 13.8 Å². The molecule has 2 aromatic heterocycles. The van der Waals surface area contributed by atoms with Crippen LogP contribution in [0.15, 0.2) is 56.6 Å². The molecule has 3 rings (SSSR count). The minimum atomic E-state index is -0.701. The fourth-order valence-corrected chi connectivity index (χ4v) is 4.07. The van der Waals surface area contributed by atoms with E-state index >= 15 is 0 Å². The highest BCUT2D eigenvalue weighted by Gasteiger charge is 2.25. The van der Waals surface area contributed by atoms with E-state index in [4.69, 9.17) is 8.83 Å². The first-order valence-corrected chi connectivity index (χ1v) is 7.23. The number of hydrogen-bond acceptors (Lipinski definition) is 2. The van der Waals surface area contributed by atoms with Crippen LogP contribution in [0.5, 0.6) is 0 Å². The molecular weight excluding hydrogens is 243 g/mol. The molecular formula is C15H14O2P. The molecule has 0 saturated carbocycles. The molecule has 0 spiro atoms. The molecule has 18 heavy (non-hydrogen) atoms. The van der Waals surface area contributed by atoms with Gasteiger partial charge in [0.2, 0.25) is 0 Å². The minimum Gasteiger partial charge on any atom is -0.461 e. The van der Waals surface area contributed by atoms with Crippen LogP contribution in [0.1, 0.15) is 11.5 Å². The predicted molar refractivity (Wildman–Crippen MR) is 74.6 cm³/mol. The van der Waals surface area contributed by atoms with Gasteiger partial charge < -0.3 is 8.83 Å². The molecule has 2 nitrogen and oxygen atoms in total. The molecule has 0 unspecified atom stereocenters. The third-order valence-electron chi connectivity index (χ3n) is 2.80. The second kappa shape index (κ2) is 4.62. The molecule has 1 radical (unpaired) electrons. The summed E-state index contributed by atoms with van der Waals surface area (Å²) in [5.74, 6) is 1.87. The molecule has 0 amide bonds. The van der Waals surface area contributed by atoms with E-state index in [2.05, 4.69) is 24.6 Å². The molecule has 0 N–H and O–H groups in total. The van der Waals surface area contributed by atoms with Crippen LogP contribution >= 0.6 is 7.92 Å². The molecule has 1 aliphatic carbocycles. The lowest BCUT2D eigenvalue weighted by atomic mass is 10.5.